The lowest BCUT2D eigenvalue weighted by Gasteiger charge is -2.41. The molecular formula is C22H31BBrFO3. The Balaban J connectivity index is 1.46. The van der Waals surface area contributed by atoms with Crippen LogP contribution in [0.2, 0.25) is 18.5 Å². The van der Waals surface area contributed by atoms with E-state index in [4.69, 9.17) is 14.2 Å². The maximum absolute atomic E-state index is 13.5. The fourth-order valence-electron chi connectivity index (χ4n) is 5.60. The van der Waals surface area contributed by atoms with Crippen molar-refractivity contribution in [3.05, 3.63) is 28.5 Å². The molecule has 3 aliphatic rings. The number of fused-ring (bicyclic) bond motifs is 2. The summed E-state index contributed by atoms with van der Waals surface area (Å²) in [5.41, 5.74) is 0. The Morgan fingerprint density at radius 2 is 2.04 bits per heavy atom. The molecule has 3 fully saturated rings. The third-order valence-corrected chi connectivity index (χ3v) is 7.53. The van der Waals surface area contributed by atoms with E-state index in [9.17, 15) is 4.39 Å². The molecule has 3 aliphatic heterocycles. The van der Waals surface area contributed by atoms with E-state index in [0.29, 0.717) is 16.8 Å². The van der Waals surface area contributed by atoms with Gasteiger partial charge in [0.25, 0.3) is 0 Å². The van der Waals surface area contributed by atoms with Crippen molar-refractivity contribution in [1.82, 2.24) is 0 Å². The number of hydrogen-bond donors (Lipinski definition) is 0. The first-order chi connectivity index (χ1) is 13.4. The summed E-state index contributed by atoms with van der Waals surface area (Å²) in [5, 5.41) is 0. The molecule has 3 atom stereocenters. The second kappa shape index (κ2) is 8.65. The van der Waals surface area contributed by atoms with Gasteiger partial charge in [0.1, 0.15) is 30.5 Å². The van der Waals surface area contributed by atoms with Crippen LogP contribution in [0.1, 0.15) is 52.4 Å². The Hall–Kier alpha value is -0.585. The summed E-state index contributed by atoms with van der Waals surface area (Å²) >= 11 is 3.44. The van der Waals surface area contributed by atoms with E-state index in [1.165, 1.54) is 56.9 Å². The van der Waals surface area contributed by atoms with E-state index in [0.717, 1.165) is 24.9 Å². The van der Waals surface area contributed by atoms with Crippen LogP contribution in [0, 0.1) is 11.7 Å². The molecule has 28 heavy (non-hydrogen) atoms. The van der Waals surface area contributed by atoms with Gasteiger partial charge >= 0.3 is 0 Å². The summed E-state index contributed by atoms with van der Waals surface area (Å²) in [7, 11) is 0. The van der Waals surface area contributed by atoms with Crippen molar-refractivity contribution >= 4 is 22.6 Å². The molecule has 154 valence electrons. The van der Waals surface area contributed by atoms with Crippen LogP contribution in [0.15, 0.2) is 22.7 Å². The lowest BCUT2D eigenvalue weighted by Crippen LogP contribution is -2.39. The summed E-state index contributed by atoms with van der Waals surface area (Å²) in [6.45, 7) is 5.32. The first-order valence-corrected chi connectivity index (χ1v) is 11.6. The standard InChI is InChI=1S/C22H31BBrFO3/c1-22(2)26-14-21(28-22)20(27-19-9-7-16(25)13-18(19)24)10-8-17-15-5-3-11-23(17)12-4-6-15/h7,9,13,15,17,20-21H,3-6,8,10-12,14H2,1-2H3/t17-,20+,21-/m1/s1. The lowest BCUT2D eigenvalue weighted by atomic mass is 9.28. The predicted octanol–water partition coefficient (Wildman–Crippen LogP) is 6.34. The van der Waals surface area contributed by atoms with Crippen LogP contribution in [-0.2, 0) is 9.47 Å². The van der Waals surface area contributed by atoms with Crippen LogP contribution in [-0.4, -0.2) is 31.3 Å². The Kier molecular flexibility index (Phi) is 6.39. The quantitative estimate of drug-likeness (QED) is 0.471. The van der Waals surface area contributed by atoms with Gasteiger partial charge in [-0.2, -0.15) is 0 Å². The van der Waals surface area contributed by atoms with Gasteiger partial charge < -0.3 is 14.2 Å². The monoisotopic (exact) mass is 452 g/mol. The first kappa shape index (κ1) is 20.7. The Labute approximate surface area is 176 Å². The highest BCUT2D eigenvalue weighted by Crippen LogP contribution is 2.47. The largest absolute Gasteiger partial charge is 0.486 e. The van der Waals surface area contributed by atoms with Gasteiger partial charge in [0.05, 0.1) is 11.1 Å². The molecule has 1 aromatic carbocycles. The van der Waals surface area contributed by atoms with E-state index in [-0.39, 0.29) is 18.0 Å². The predicted molar refractivity (Wildman–Crippen MR) is 114 cm³/mol. The average Bonchev–Trinajstić information content (AvgIpc) is 2.99. The zero-order valence-electron chi connectivity index (χ0n) is 17.0. The van der Waals surface area contributed by atoms with Crippen molar-refractivity contribution in [2.75, 3.05) is 6.61 Å². The Bertz CT molecular complexity index is 664. The van der Waals surface area contributed by atoms with Crippen LogP contribution in [0.25, 0.3) is 0 Å². The van der Waals surface area contributed by atoms with Crippen LogP contribution in [0.5, 0.6) is 5.75 Å². The number of hydrogen-bond acceptors (Lipinski definition) is 3. The molecule has 0 N–H and O–H groups in total. The second-order valence-electron chi connectivity index (χ2n) is 9.22. The third-order valence-electron chi connectivity index (χ3n) is 6.91. The maximum atomic E-state index is 13.5. The molecule has 0 spiro atoms. The summed E-state index contributed by atoms with van der Waals surface area (Å²) in [6, 6.07) is 4.59. The molecule has 0 aromatic heterocycles. The van der Waals surface area contributed by atoms with Gasteiger partial charge in [-0.15, -0.1) is 0 Å². The summed E-state index contributed by atoms with van der Waals surface area (Å²) in [5.74, 6) is 1.53. The smallest absolute Gasteiger partial charge is 0.163 e. The first-order valence-electron chi connectivity index (χ1n) is 10.8. The van der Waals surface area contributed by atoms with Gasteiger partial charge in [0.15, 0.2) is 5.79 Å². The summed E-state index contributed by atoms with van der Waals surface area (Å²) in [4.78, 5) is 0. The number of halogens is 2. The zero-order chi connectivity index (χ0) is 19.7. The fourth-order valence-corrected chi connectivity index (χ4v) is 6.04. The van der Waals surface area contributed by atoms with E-state index in [1.54, 1.807) is 6.07 Å². The van der Waals surface area contributed by atoms with E-state index >= 15 is 0 Å². The molecule has 0 unspecified atom stereocenters. The van der Waals surface area contributed by atoms with Crippen LogP contribution >= 0.6 is 15.9 Å². The highest BCUT2D eigenvalue weighted by atomic mass is 79.9. The van der Waals surface area contributed by atoms with Crippen molar-refractivity contribution in [2.24, 2.45) is 5.92 Å². The summed E-state index contributed by atoms with van der Waals surface area (Å²) < 4.78 is 32.5. The third kappa shape index (κ3) is 4.76. The molecule has 0 aliphatic carbocycles. The lowest BCUT2D eigenvalue weighted by molar-refractivity contribution is -0.149. The Morgan fingerprint density at radius 1 is 1.29 bits per heavy atom. The number of ether oxygens (including phenoxy) is 3. The van der Waals surface area contributed by atoms with E-state index in [1.807, 2.05) is 13.8 Å². The van der Waals surface area contributed by atoms with Crippen LogP contribution < -0.4 is 4.74 Å². The van der Waals surface area contributed by atoms with Crippen molar-refractivity contribution < 1.29 is 18.6 Å². The molecule has 4 rings (SSSR count). The van der Waals surface area contributed by atoms with Crippen LogP contribution in [0.3, 0.4) is 0 Å². The average molecular weight is 453 g/mol. The maximum Gasteiger partial charge on any atom is 0.163 e. The normalized spacial score (nSPS) is 30.3. The molecule has 6 heteroatoms. The molecular weight excluding hydrogens is 422 g/mol. The molecule has 0 amide bonds. The molecule has 3 nitrogen and oxygen atoms in total. The molecule has 1 aromatic rings. The SMILES string of the molecule is CC1(C)OC[C@H]([C@H](CC[C@H]2B3CCCC2CCC3)Oc2ccc(F)cc2Br)O1. The van der Waals surface area contributed by atoms with E-state index in [2.05, 4.69) is 15.9 Å². The second-order valence-corrected chi connectivity index (χ2v) is 10.1. The summed E-state index contributed by atoms with van der Waals surface area (Å²) in [6.07, 6.45) is 10.3. The molecule has 0 saturated carbocycles. The molecule has 3 saturated heterocycles. The number of benzene rings is 1. The zero-order valence-corrected chi connectivity index (χ0v) is 18.5. The topological polar surface area (TPSA) is 27.7 Å². The van der Waals surface area contributed by atoms with Gasteiger partial charge in [-0.25, -0.2) is 4.39 Å². The highest BCUT2D eigenvalue weighted by Gasteiger charge is 2.42. The van der Waals surface area contributed by atoms with Crippen molar-refractivity contribution in [3.63, 3.8) is 0 Å². The highest BCUT2D eigenvalue weighted by molar-refractivity contribution is 9.10. The van der Waals surface area contributed by atoms with Gasteiger partial charge in [-0.3, -0.25) is 0 Å². The van der Waals surface area contributed by atoms with Crippen molar-refractivity contribution in [1.29, 1.82) is 0 Å². The van der Waals surface area contributed by atoms with Crippen molar-refractivity contribution in [2.45, 2.75) is 88.8 Å². The van der Waals surface area contributed by atoms with Crippen molar-refractivity contribution in [3.8, 4) is 5.75 Å². The van der Waals surface area contributed by atoms with E-state index < -0.39 is 5.79 Å². The van der Waals surface area contributed by atoms with Crippen LogP contribution in [0.4, 0.5) is 4.39 Å². The van der Waals surface area contributed by atoms with Gasteiger partial charge in [0, 0.05) is 0 Å². The fraction of sp³-hybridized carbons (Fsp3) is 0.727. The minimum absolute atomic E-state index is 0.0915. The van der Waals surface area contributed by atoms with Gasteiger partial charge in [0.2, 0.25) is 0 Å². The minimum atomic E-state index is -0.576. The molecule has 0 radical (unpaired) electrons. The van der Waals surface area contributed by atoms with Gasteiger partial charge in [-0.1, -0.05) is 50.6 Å². The number of rotatable bonds is 6. The molecule has 3 heterocycles. The Morgan fingerprint density at radius 3 is 2.64 bits per heavy atom. The minimum Gasteiger partial charge on any atom is -0.486 e. The molecule has 2 bridgehead atoms. The van der Waals surface area contributed by atoms with Gasteiger partial charge in [-0.05, 0) is 60.3 Å².